The predicted octanol–water partition coefficient (Wildman–Crippen LogP) is -2.46. The summed E-state index contributed by atoms with van der Waals surface area (Å²) < 4.78 is 27.7. The molecule has 38 heavy (non-hydrogen) atoms. The van der Waals surface area contributed by atoms with Crippen molar-refractivity contribution in [2.45, 2.75) is 99.6 Å². The fourth-order valence-electron chi connectivity index (χ4n) is 4.29. The van der Waals surface area contributed by atoms with Gasteiger partial charge in [-0.1, -0.05) is 11.8 Å². The minimum atomic E-state index is -1.73. The number of aliphatic hydroxyl groups is 7. The number of rotatable bonds is 9. The Kier molecular flexibility index (Phi) is 12.9. The Morgan fingerprint density at radius 2 is 1.53 bits per heavy atom. The van der Waals surface area contributed by atoms with E-state index in [2.05, 4.69) is 23.7 Å². The third-order valence-corrected chi connectivity index (χ3v) is 6.52. The maximum atomic E-state index is 10.6. The average Bonchev–Trinajstić information content (AvgIpc) is 2.93. The second-order valence-corrected chi connectivity index (χ2v) is 9.31. The van der Waals surface area contributed by atoms with E-state index in [1.165, 1.54) is 0 Å². The van der Waals surface area contributed by atoms with E-state index in [-0.39, 0.29) is 12.7 Å². The van der Waals surface area contributed by atoms with E-state index in [0.29, 0.717) is 12.8 Å². The number of hydrogen-bond acceptors (Lipinski definition) is 12. The van der Waals surface area contributed by atoms with Crippen LogP contribution in [0.2, 0.25) is 0 Å². The average molecular weight is 543 g/mol. The van der Waals surface area contributed by atoms with Gasteiger partial charge in [-0.25, -0.2) is 0 Å². The van der Waals surface area contributed by atoms with Crippen LogP contribution < -0.4 is 0 Å². The summed E-state index contributed by atoms with van der Waals surface area (Å²) in [6.07, 6.45) is -6.88. The van der Waals surface area contributed by atoms with Gasteiger partial charge in [-0.3, -0.25) is 0 Å². The first-order valence-corrected chi connectivity index (χ1v) is 12.8. The lowest BCUT2D eigenvalue weighted by molar-refractivity contribution is -0.367. The minimum Gasteiger partial charge on any atom is -0.394 e. The standard InChI is InChI=1S/C26H38O12/c27-14-17-19(29)21(31)23(33)25(36-17)38-24-22(32)20(30)18(15-28)37-26(24)35-13-8-5-3-1-2-4-6-10-16-11-7-9-12-34-16/h6,10,16-33H,5,7-9,11-15H2/b10-6+/t16-,17-,18-,19-,20-,21+,22+,23-,24-,25+,26-/m1/s1. The highest BCUT2D eigenvalue weighted by molar-refractivity contribution is 5.31. The summed E-state index contributed by atoms with van der Waals surface area (Å²) in [6, 6.07) is 0. The molecule has 0 aromatic rings. The topological polar surface area (TPSA) is 188 Å². The van der Waals surface area contributed by atoms with Crippen LogP contribution >= 0.6 is 0 Å². The van der Waals surface area contributed by atoms with Gasteiger partial charge in [0.2, 0.25) is 0 Å². The molecule has 0 radical (unpaired) electrons. The van der Waals surface area contributed by atoms with E-state index < -0.39 is 74.6 Å². The summed E-state index contributed by atoms with van der Waals surface area (Å²) in [5.41, 5.74) is 0. The van der Waals surface area contributed by atoms with Gasteiger partial charge in [-0.15, -0.1) is 0 Å². The van der Waals surface area contributed by atoms with Crippen LogP contribution in [0.15, 0.2) is 12.2 Å². The molecule has 0 saturated carbocycles. The fraction of sp³-hybridized carbons (Fsp3) is 0.769. The van der Waals surface area contributed by atoms with Crippen molar-refractivity contribution < 1.29 is 59.4 Å². The van der Waals surface area contributed by atoms with Crippen LogP contribution in [0, 0.1) is 23.7 Å². The molecule has 12 heteroatoms. The molecule has 0 aromatic carbocycles. The highest BCUT2D eigenvalue weighted by Gasteiger charge is 2.50. The van der Waals surface area contributed by atoms with Crippen molar-refractivity contribution in [2.24, 2.45) is 0 Å². The molecule has 0 aromatic heterocycles. The number of ether oxygens (including phenoxy) is 5. The third kappa shape index (κ3) is 8.44. The summed E-state index contributed by atoms with van der Waals surface area (Å²) in [4.78, 5) is 0. The number of allylic oxidation sites excluding steroid dienone is 1. The van der Waals surface area contributed by atoms with Gasteiger partial charge < -0.3 is 59.4 Å². The highest BCUT2D eigenvalue weighted by atomic mass is 16.8. The number of unbranched alkanes of at least 4 members (excludes halogenated alkanes) is 1. The normalized spacial score (nSPS) is 39.7. The van der Waals surface area contributed by atoms with Crippen molar-refractivity contribution in [1.29, 1.82) is 0 Å². The summed E-state index contributed by atoms with van der Waals surface area (Å²) >= 11 is 0. The second kappa shape index (κ2) is 15.8. The summed E-state index contributed by atoms with van der Waals surface area (Å²) in [5.74, 6) is 11.2. The van der Waals surface area contributed by atoms with Crippen molar-refractivity contribution in [3.05, 3.63) is 12.2 Å². The lowest BCUT2D eigenvalue weighted by Crippen LogP contribution is -2.64. The Bertz CT molecular complexity index is 852. The van der Waals surface area contributed by atoms with Crippen molar-refractivity contribution in [3.63, 3.8) is 0 Å². The van der Waals surface area contributed by atoms with Crippen LogP contribution in [0.3, 0.4) is 0 Å². The molecule has 0 unspecified atom stereocenters. The third-order valence-electron chi connectivity index (χ3n) is 6.52. The Hall–Kier alpha value is -1.62. The lowest BCUT2D eigenvalue weighted by Gasteiger charge is -2.45. The SMILES string of the molecule is OC[C@H]1O[C@@H](O[C@H]2[C@H](OCCCC#CC#C/C=C/[C@@H]3CCCCO3)O[C@H](CO)[C@@H](O)[C@@H]2O)[C@H](O)[C@@H](O)[C@@H]1O. The molecular formula is C26H38O12. The van der Waals surface area contributed by atoms with Crippen molar-refractivity contribution in [1.82, 2.24) is 0 Å². The molecule has 3 fully saturated rings. The van der Waals surface area contributed by atoms with E-state index in [9.17, 15) is 35.7 Å². The molecule has 214 valence electrons. The van der Waals surface area contributed by atoms with Crippen molar-refractivity contribution >= 4 is 0 Å². The fourth-order valence-corrected chi connectivity index (χ4v) is 4.29. The molecule has 11 atom stereocenters. The van der Waals surface area contributed by atoms with E-state index in [1.807, 2.05) is 6.08 Å². The Labute approximate surface area is 221 Å². The predicted molar refractivity (Wildman–Crippen MR) is 130 cm³/mol. The van der Waals surface area contributed by atoms with E-state index >= 15 is 0 Å². The molecule has 3 aliphatic heterocycles. The summed E-state index contributed by atoms with van der Waals surface area (Å²) in [6.45, 7) is -0.380. The molecule has 12 nitrogen and oxygen atoms in total. The van der Waals surface area contributed by atoms with Gasteiger partial charge >= 0.3 is 0 Å². The second-order valence-electron chi connectivity index (χ2n) is 9.31. The van der Waals surface area contributed by atoms with Crippen LogP contribution in [0.1, 0.15) is 32.1 Å². The quantitative estimate of drug-likeness (QED) is 0.120. The van der Waals surface area contributed by atoms with Gasteiger partial charge in [0.1, 0.15) is 48.8 Å². The summed E-state index contributed by atoms with van der Waals surface area (Å²) in [5, 5.41) is 70.0. The number of hydrogen-bond donors (Lipinski definition) is 7. The van der Waals surface area contributed by atoms with Crippen molar-refractivity contribution in [2.75, 3.05) is 26.4 Å². The molecule has 3 heterocycles. The lowest BCUT2D eigenvalue weighted by atomic mass is 9.97. The smallest absolute Gasteiger partial charge is 0.187 e. The van der Waals surface area contributed by atoms with Crippen LogP contribution in [0.5, 0.6) is 0 Å². The van der Waals surface area contributed by atoms with Gasteiger partial charge in [0.05, 0.1) is 25.9 Å². The van der Waals surface area contributed by atoms with Gasteiger partial charge in [0.15, 0.2) is 12.6 Å². The molecule has 0 spiro atoms. The Morgan fingerprint density at radius 3 is 2.21 bits per heavy atom. The Morgan fingerprint density at radius 1 is 0.816 bits per heavy atom. The maximum absolute atomic E-state index is 10.6. The van der Waals surface area contributed by atoms with Crippen LogP contribution in [0.4, 0.5) is 0 Å². The zero-order valence-electron chi connectivity index (χ0n) is 21.0. The zero-order chi connectivity index (χ0) is 27.5. The van der Waals surface area contributed by atoms with Crippen LogP contribution in [0.25, 0.3) is 0 Å². The van der Waals surface area contributed by atoms with Crippen molar-refractivity contribution in [3.8, 4) is 23.7 Å². The Balaban J connectivity index is 1.51. The van der Waals surface area contributed by atoms with E-state index in [1.54, 1.807) is 6.08 Å². The molecule has 0 bridgehead atoms. The zero-order valence-corrected chi connectivity index (χ0v) is 21.0. The van der Waals surface area contributed by atoms with E-state index in [4.69, 9.17) is 23.7 Å². The van der Waals surface area contributed by atoms with Gasteiger partial charge in [-0.2, -0.15) is 0 Å². The summed E-state index contributed by atoms with van der Waals surface area (Å²) in [7, 11) is 0. The van der Waals surface area contributed by atoms with Gasteiger partial charge in [-0.05, 0) is 49.7 Å². The van der Waals surface area contributed by atoms with E-state index in [0.717, 1.165) is 25.9 Å². The monoisotopic (exact) mass is 542 g/mol. The molecular weight excluding hydrogens is 504 g/mol. The first kappa shape index (κ1) is 30.9. The molecule has 0 amide bonds. The van der Waals surface area contributed by atoms with Gasteiger partial charge in [0.25, 0.3) is 0 Å². The molecule has 3 aliphatic rings. The molecule has 0 aliphatic carbocycles. The molecule has 7 N–H and O–H groups in total. The van der Waals surface area contributed by atoms with Crippen LogP contribution in [-0.4, -0.2) is 130 Å². The maximum Gasteiger partial charge on any atom is 0.187 e. The largest absolute Gasteiger partial charge is 0.394 e. The van der Waals surface area contributed by atoms with Gasteiger partial charge in [0, 0.05) is 13.0 Å². The molecule has 3 rings (SSSR count). The van der Waals surface area contributed by atoms with Crippen LogP contribution in [-0.2, 0) is 23.7 Å². The first-order chi connectivity index (χ1) is 18.4. The minimum absolute atomic E-state index is 0.112. The number of aliphatic hydroxyl groups excluding tert-OH is 7. The first-order valence-electron chi connectivity index (χ1n) is 12.8. The molecule has 3 saturated heterocycles. The highest BCUT2D eigenvalue weighted by Crippen LogP contribution is 2.29.